The predicted octanol–water partition coefficient (Wildman–Crippen LogP) is 2.51. The zero-order chi connectivity index (χ0) is 17.2. The number of nitrogens with zero attached hydrogens (tertiary/aromatic N) is 3. The van der Waals surface area contributed by atoms with Crippen LogP contribution in [0.5, 0.6) is 0 Å². The van der Waals surface area contributed by atoms with E-state index in [0.717, 1.165) is 25.9 Å². The molecule has 1 aliphatic carbocycles. The summed E-state index contributed by atoms with van der Waals surface area (Å²) < 4.78 is 1.72. The van der Waals surface area contributed by atoms with E-state index in [-0.39, 0.29) is 5.56 Å². The van der Waals surface area contributed by atoms with E-state index in [4.69, 9.17) is 0 Å². The molecule has 0 bridgehead atoms. The number of fused-ring (bicyclic) bond motifs is 1. The van der Waals surface area contributed by atoms with Crippen molar-refractivity contribution in [2.45, 2.75) is 51.2 Å². The maximum absolute atomic E-state index is 12.4. The van der Waals surface area contributed by atoms with E-state index >= 15 is 0 Å². The lowest BCUT2D eigenvalue weighted by Gasteiger charge is -2.34. The standard InChI is InChI=1S/C20H26N4O/c1-2-23-14-11-21-19(20(23)25)24-12-9-16(10-13-24)22-18-8-7-15-5-3-4-6-17(15)18/h3-6,11,14,16,18,22H,2,7-10,12-13H2,1H3/t18-/m1/s1. The van der Waals surface area contributed by atoms with Gasteiger partial charge in [0.15, 0.2) is 5.82 Å². The second-order valence-electron chi connectivity index (χ2n) is 7.06. The third-order valence-corrected chi connectivity index (χ3v) is 5.60. The van der Waals surface area contributed by atoms with Crippen LogP contribution in [0.4, 0.5) is 5.82 Å². The van der Waals surface area contributed by atoms with Gasteiger partial charge in [0.1, 0.15) is 0 Å². The molecule has 25 heavy (non-hydrogen) atoms. The Kier molecular flexibility index (Phi) is 4.57. The molecule has 1 N–H and O–H groups in total. The number of anilines is 1. The molecule has 1 atom stereocenters. The molecular formula is C20H26N4O. The van der Waals surface area contributed by atoms with Crippen molar-refractivity contribution in [3.05, 3.63) is 58.1 Å². The molecule has 2 aliphatic rings. The molecule has 1 aliphatic heterocycles. The molecule has 1 fully saturated rings. The first-order valence-corrected chi connectivity index (χ1v) is 9.40. The van der Waals surface area contributed by atoms with Crippen molar-refractivity contribution in [3.63, 3.8) is 0 Å². The highest BCUT2D eigenvalue weighted by Crippen LogP contribution is 2.32. The van der Waals surface area contributed by atoms with Crippen LogP contribution in [0, 0.1) is 0 Å². The number of aryl methyl sites for hydroxylation is 2. The van der Waals surface area contributed by atoms with Crippen molar-refractivity contribution >= 4 is 5.82 Å². The summed E-state index contributed by atoms with van der Waals surface area (Å²) in [5.41, 5.74) is 2.99. The number of hydrogen-bond acceptors (Lipinski definition) is 4. The van der Waals surface area contributed by atoms with Gasteiger partial charge in [-0.05, 0) is 43.7 Å². The minimum absolute atomic E-state index is 0.0288. The van der Waals surface area contributed by atoms with Crippen molar-refractivity contribution in [1.29, 1.82) is 0 Å². The Morgan fingerprint density at radius 2 is 2.00 bits per heavy atom. The van der Waals surface area contributed by atoms with Gasteiger partial charge in [0.2, 0.25) is 0 Å². The molecule has 0 spiro atoms. The third-order valence-electron chi connectivity index (χ3n) is 5.60. The van der Waals surface area contributed by atoms with Crippen molar-refractivity contribution in [2.24, 2.45) is 0 Å². The highest BCUT2D eigenvalue weighted by atomic mass is 16.1. The molecule has 4 rings (SSSR count). The number of rotatable bonds is 4. The van der Waals surface area contributed by atoms with E-state index in [1.54, 1.807) is 17.0 Å². The Balaban J connectivity index is 1.39. The van der Waals surface area contributed by atoms with E-state index < -0.39 is 0 Å². The van der Waals surface area contributed by atoms with E-state index in [0.29, 0.717) is 24.4 Å². The largest absolute Gasteiger partial charge is 0.352 e. The van der Waals surface area contributed by atoms with Crippen LogP contribution in [0.3, 0.4) is 0 Å². The Bertz CT molecular complexity index is 792. The molecule has 0 amide bonds. The summed E-state index contributed by atoms with van der Waals surface area (Å²) in [5, 5.41) is 3.85. The Labute approximate surface area is 148 Å². The molecule has 1 aromatic heterocycles. The molecule has 0 unspecified atom stereocenters. The Morgan fingerprint density at radius 3 is 2.80 bits per heavy atom. The topological polar surface area (TPSA) is 50.2 Å². The summed E-state index contributed by atoms with van der Waals surface area (Å²) >= 11 is 0. The zero-order valence-electron chi connectivity index (χ0n) is 14.8. The Hall–Kier alpha value is -2.14. The van der Waals surface area contributed by atoms with Crippen LogP contribution in [0.25, 0.3) is 0 Å². The Morgan fingerprint density at radius 1 is 1.20 bits per heavy atom. The second-order valence-corrected chi connectivity index (χ2v) is 7.06. The normalized spacial score (nSPS) is 20.7. The molecule has 132 valence electrons. The number of benzene rings is 1. The summed E-state index contributed by atoms with van der Waals surface area (Å²) in [7, 11) is 0. The maximum Gasteiger partial charge on any atom is 0.293 e. The van der Waals surface area contributed by atoms with Crippen molar-refractivity contribution < 1.29 is 0 Å². The number of nitrogens with one attached hydrogen (secondary N) is 1. The fourth-order valence-corrected chi connectivity index (χ4v) is 4.17. The van der Waals surface area contributed by atoms with Gasteiger partial charge in [0, 0.05) is 44.1 Å². The maximum atomic E-state index is 12.4. The first-order chi connectivity index (χ1) is 12.3. The van der Waals surface area contributed by atoms with Crippen LogP contribution in [0.1, 0.15) is 43.4 Å². The van der Waals surface area contributed by atoms with Crippen LogP contribution in [-0.4, -0.2) is 28.7 Å². The lowest BCUT2D eigenvalue weighted by Crippen LogP contribution is -2.45. The summed E-state index contributed by atoms with van der Waals surface area (Å²) in [6, 6.07) is 9.79. The summed E-state index contributed by atoms with van der Waals surface area (Å²) in [5.74, 6) is 0.606. The molecule has 1 saturated heterocycles. The lowest BCUT2D eigenvalue weighted by atomic mass is 10.0. The van der Waals surface area contributed by atoms with Crippen LogP contribution < -0.4 is 15.8 Å². The van der Waals surface area contributed by atoms with Crippen LogP contribution >= 0.6 is 0 Å². The van der Waals surface area contributed by atoms with Gasteiger partial charge in [-0.15, -0.1) is 0 Å². The lowest BCUT2D eigenvalue weighted by molar-refractivity contribution is 0.367. The molecule has 0 saturated carbocycles. The molecule has 5 nitrogen and oxygen atoms in total. The predicted molar refractivity (Wildman–Crippen MR) is 100 cm³/mol. The fraction of sp³-hybridized carbons (Fsp3) is 0.500. The summed E-state index contributed by atoms with van der Waals surface area (Å²) in [6.45, 7) is 4.46. The van der Waals surface area contributed by atoms with Crippen LogP contribution in [0.2, 0.25) is 0 Å². The van der Waals surface area contributed by atoms with E-state index in [1.165, 1.54) is 24.0 Å². The van der Waals surface area contributed by atoms with Crippen molar-refractivity contribution in [3.8, 4) is 0 Å². The summed E-state index contributed by atoms with van der Waals surface area (Å²) in [6.07, 6.45) is 7.98. The van der Waals surface area contributed by atoms with E-state index in [1.807, 2.05) is 6.92 Å². The van der Waals surface area contributed by atoms with Crippen molar-refractivity contribution in [1.82, 2.24) is 14.9 Å². The molecule has 2 heterocycles. The molecular weight excluding hydrogens is 312 g/mol. The molecule has 5 heteroatoms. The van der Waals surface area contributed by atoms with Crippen LogP contribution in [0.15, 0.2) is 41.5 Å². The van der Waals surface area contributed by atoms with Gasteiger partial charge < -0.3 is 14.8 Å². The van der Waals surface area contributed by atoms with Gasteiger partial charge >= 0.3 is 0 Å². The van der Waals surface area contributed by atoms with Gasteiger partial charge in [-0.3, -0.25) is 4.79 Å². The smallest absolute Gasteiger partial charge is 0.293 e. The fourth-order valence-electron chi connectivity index (χ4n) is 4.17. The van der Waals surface area contributed by atoms with Gasteiger partial charge in [0.05, 0.1) is 0 Å². The minimum atomic E-state index is 0.0288. The number of piperidine rings is 1. The highest BCUT2D eigenvalue weighted by Gasteiger charge is 2.27. The quantitative estimate of drug-likeness (QED) is 0.931. The van der Waals surface area contributed by atoms with Gasteiger partial charge in [0.25, 0.3) is 5.56 Å². The third kappa shape index (κ3) is 3.21. The first-order valence-electron chi connectivity index (χ1n) is 9.40. The minimum Gasteiger partial charge on any atom is -0.352 e. The number of hydrogen-bond donors (Lipinski definition) is 1. The van der Waals surface area contributed by atoms with Gasteiger partial charge in [-0.2, -0.15) is 0 Å². The zero-order valence-corrected chi connectivity index (χ0v) is 14.8. The van der Waals surface area contributed by atoms with Gasteiger partial charge in [-0.1, -0.05) is 24.3 Å². The van der Waals surface area contributed by atoms with Gasteiger partial charge in [-0.25, -0.2) is 4.98 Å². The van der Waals surface area contributed by atoms with E-state index in [9.17, 15) is 4.79 Å². The molecule has 1 aromatic carbocycles. The molecule has 2 aromatic rings. The number of aromatic nitrogens is 2. The highest BCUT2D eigenvalue weighted by molar-refractivity contribution is 5.37. The second kappa shape index (κ2) is 7.00. The average Bonchev–Trinajstić information content (AvgIpc) is 3.06. The molecule has 0 radical (unpaired) electrons. The van der Waals surface area contributed by atoms with Crippen molar-refractivity contribution in [2.75, 3.05) is 18.0 Å². The summed E-state index contributed by atoms with van der Waals surface area (Å²) in [4.78, 5) is 18.9. The average molecular weight is 338 g/mol. The monoisotopic (exact) mass is 338 g/mol. The SMILES string of the molecule is CCn1ccnc(N2CCC(N[C@@H]3CCc4ccccc43)CC2)c1=O. The van der Waals surface area contributed by atoms with E-state index in [2.05, 4.69) is 39.5 Å². The van der Waals surface area contributed by atoms with Crippen LogP contribution in [-0.2, 0) is 13.0 Å². The first kappa shape index (κ1) is 16.3.